The van der Waals surface area contributed by atoms with Crippen molar-refractivity contribution in [2.24, 2.45) is 0 Å². The Morgan fingerprint density at radius 1 is 1.27 bits per heavy atom. The molecule has 0 saturated carbocycles. The van der Waals surface area contributed by atoms with E-state index in [9.17, 15) is 18.0 Å². The molecule has 1 aromatic carbocycles. The third kappa shape index (κ3) is 4.13. The number of halogens is 3. The molecule has 3 rings (SSSR count). The smallest absolute Gasteiger partial charge is 0.350 e. The fourth-order valence-electron chi connectivity index (χ4n) is 3.16. The largest absolute Gasteiger partial charge is 0.405 e. The number of alkyl halides is 3. The molecule has 2 aromatic rings. The summed E-state index contributed by atoms with van der Waals surface area (Å²) in [6, 6.07) is 7.07. The van der Waals surface area contributed by atoms with Crippen LogP contribution in [0.25, 0.3) is 10.9 Å². The first-order chi connectivity index (χ1) is 12.4. The molecule has 1 unspecified atom stereocenters. The lowest BCUT2D eigenvalue weighted by atomic mass is 10.1. The zero-order valence-electron chi connectivity index (χ0n) is 14.4. The van der Waals surface area contributed by atoms with Gasteiger partial charge in [0.05, 0.1) is 11.1 Å². The van der Waals surface area contributed by atoms with Gasteiger partial charge in [0.25, 0.3) is 5.91 Å². The lowest BCUT2D eigenvalue weighted by molar-refractivity contribution is -0.183. The number of piperazine rings is 1. The lowest BCUT2D eigenvalue weighted by Crippen LogP contribution is -2.57. The number of pyridine rings is 1. The van der Waals surface area contributed by atoms with Crippen LogP contribution >= 0.6 is 0 Å². The summed E-state index contributed by atoms with van der Waals surface area (Å²) in [7, 11) is 0. The van der Waals surface area contributed by atoms with Gasteiger partial charge in [-0.1, -0.05) is 18.2 Å². The number of hydrogen-bond acceptors (Lipinski definition) is 4. The molecular weight excluding hydrogens is 345 g/mol. The van der Waals surface area contributed by atoms with Crippen LogP contribution in [0.4, 0.5) is 13.2 Å². The number of hydrogen-bond donors (Lipinski definition) is 2. The van der Waals surface area contributed by atoms with Gasteiger partial charge in [-0.05, 0) is 19.1 Å². The van der Waals surface area contributed by atoms with Crippen LogP contribution in [0.1, 0.15) is 16.1 Å². The van der Waals surface area contributed by atoms with E-state index in [1.807, 2.05) is 18.2 Å². The van der Waals surface area contributed by atoms with Crippen molar-refractivity contribution < 1.29 is 18.0 Å². The van der Waals surface area contributed by atoms with Crippen LogP contribution in [0.3, 0.4) is 0 Å². The van der Waals surface area contributed by atoms with Crippen molar-refractivity contribution in [1.29, 1.82) is 0 Å². The van der Waals surface area contributed by atoms with Crippen LogP contribution < -0.4 is 10.6 Å². The summed E-state index contributed by atoms with van der Waals surface area (Å²) < 4.78 is 40.3. The molecule has 1 aromatic heterocycles. The first-order valence-electron chi connectivity index (χ1n) is 8.52. The monoisotopic (exact) mass is 366 g/mol. The van der Waals surface area contributed by atoms with E-state index in [1.54, 1.807) is 19.1 Å². The number of nitrogens with one attached hydrogen (secondary N) is 2. The number of fused-ring (bicyclic) bond motifs is 1. The molecule has 0 bridgehead atoms. The molecule has 1 fully saturated rings. The fraction of sp³-hybridized carbons (Fsp3) is 0.444. The maximum absolute atomic E-state index is 13.4. The second kappa shape index (κ2) is 7.59. The Morgan fingerprint density at radius 3 is 2.69 bits per heavy atom. The van der Waals surface area contributed by atoms with E-state index >= 15 is 0 Å². The van der Waals surface area contributed by atoms with Gasteiger partial charge in [0.1, 0.15) is 6.04 Å². The standard InChI is InChI=1S/C18H21F3N4O/c1-12-5-6-13-3-2-4-14(16(13)24-12)17(26)23-11-15(18(19,20)21)25-9-7-22-8-10-25/h2-6,15,22H,7-11H2,1H3,(H,23,26). The quantitative estimate of drug-likeness (QED) is 0.870. The van der Waals surface area contributed by atoms with Gasteiger partial charge >= 0.3 is 6.18 Å². The molecule has 2 heterocycles. The van der Waals surface area contributed by atoms with Crippen molar-refractivity contribution in [2.75, 3.05) is 32.7 Å². The molecule has 1 aliphatic heterocycles. The van der Waals surface area contributed by atoms with Crippen LogP contribution in [0.15, 0.2) is 30.3 Å². The van der Waals surface area contributed by atoms with Gasteiger partial charge in [0.2, 0.25) is 0 Å². The molecule has 1 aliphatic rings. The number of aromatic nitrogens is 1. The Morgan fingerprint density at radius 2 is 2.00 bits per heavy atom. The second-order valence-electron chi connectivity index (χ2n) is 6.38. The Kier molecular flexibility index (Phi) is 5.43. The lowest BCUT2D eigenvalue weighted by Gasteiger charge is -2.35. The summed E-state index contributed by atoms with van der Waals surface area (Å²) in [5, 5.41) is 6.26. The van der Waals surface area contributed by atoms with E-state index < -0.39 is 24.7 Å². The van der Waals surface area contributed by atoms with Crippen molar-refractivity contribution in [3.8, 4) is 0 Å². The van der Waals surface area contributed by atoms with Crippen LogP contribution in [-0.2, 0) is 0 Å². The average molecular weight is 366 g/mol. The molecule has 2 N–H and O–H groups in total. The third-order valence-corrected chi connectivity index (χ3v) is 4.53. The van der Waals surface area contributed by atoms with Gasteiger partial charge in [-0.25, -0.2) is 0 Å². The zero-order valence-corrected chi connectivity index (χ0v) is 14.4. The second-order valence-corrected chi connectivity index (χ2v) is 6.38. The van der Waals surface area contributed by atoms with E-state index in [1.165, 1.54) is 4.90 Å². The summed E-state index contributed by atoms with van der Waals surface area (Å²) in [5.41, 5.74) is 1.52. The molecule has 26 heavy (non-hydrogen) atoms. The van der Waals surface area contributed by atoms with Crippen molar-refractivity contribution in [1.82, 2.24) is 20.5 Å². The number of benzene rings is 1. The number of nitrogens with zero attached hydrogens (tertiary/aromatic N) is 2. The van der Waals surface area contributed by atoms with E-state index in [-0.39, 0.29) is 5.56 Å². The molecule has 0 radical (unpaired) electrons. The Hall–Kier alpha value is -2.19. The van der Waals surface area contributed by atoms with E-state index in [2.05, 4.69) is 15.6 Å². The summed E-state index contributed by atoms with van der Waals surface area (Å²) in [5.74, 6) is -0.543. The molecule has 1 saturated heterocycles. The van der Waals surface area contributed by atoms with Crippen LogP contribution in [0.5, 0.6) is 0 Å². The highest BCUT2D eigenvalue weighted by Crippen LogP contribution is 2.25. The zero-order chi connectivity index (χ0) is 18.7. The van der Waals surface area contributed by atoms with Crippen LogP contribution in [-0.4, -0.2) is 60.7 Å². The van der Waals surface area contributed by atoms with E-state index in [4.69, 9.17) is 0 Å². The first kappa shape index (κ1) is 18.6. The Balaban J connectivity index is 1.77. The van der Waals surface area contributed by atoms with Crippen molar-refractivity contribution in [3.63, 3.8) is 0 Å². The van der Waals surface area contributed by atoms with Crippen molar-refractivity contribution in [3.05, 3.63) is 41.6 Å². The van der Waals surface area contributed by atoms with Gasteiger partial charge in [-0.2, -0.15) is 13.2 Å². The number of amides is 1. The summed E-state index contributed by atoms with van der Waals surface area (Å²) in [6.45, 7) is 2.94. The highest BCUT2D eigenvalue weighted by atomic mass is 19.4. The topological polar surface area (TPSA) is 57.3 Å². The normalized spacial score (nSPS) is 17.2. The molecular formula is C18H21F3N4O. The highest BCUT2D eigenvalue weighted by Gasteiger charge is 2.43. The number of para-hydroxylation sites is 1. The van der Waals surface area contributed by atoms with Gasteiger partial charge in [0, 0.05) is 43.8 Å². The minimum absolute atomic E-state index is 0.285. The minimum Gasteiger partial charge on any atom is -0.350 e. The van der Waals surface area contributed by atoms with Gasteiger partial charge in [-0.3, -0.25) is 14.7 Å². The molecule has 0 aliphatic carbocycles. The van der Waals surface area contributed by atoms with Gasteiger partial charge in [0.15, 0.2) is 0 Å². The third-order valence-electron chi connectivity index (χ3n) is 4.53. The van der Waals surface area contributed by atoms with Crippen molar-refractivity contribution >= 4 is 16.8 Å². The Labute approximate surface area is 149 Å². The number of aryl methyl sites for hydroxylation is 1. The number of carbonyl (C=O) groups is 1. The molecule has 8 heteroatoms. The van der Waals surface area contributed by atoms with Gasteiger partial charge in [-0.15, -0.1) is 0 Å². The molecule has 1 atom stereocenters. The summed E-state index contributed by atoms with van der Waals surface area (Å²) in [4.78, 5) is 18.3. The maximum Gasteiger partial charge on any atom is 0.405 e. The van der Waals surface area contributed by atoms with E-state index in [0.29, 0.717) is 31.7 Å². The van der Waals surface area contributed by atoms with E-state index in [0.717, 1.165) is 11.1 Å². The van der Waals surface area contributed by atoms with Crippen LogP contribution in [0.2, 0.25) is 0 Å². The van der Waals surface area contributed by atoms with Crippen molar-refractivity contribution in [2.45, 2.75) is 19.1 Å². The predicted molar refractivity (Wildman–Crippen MR) is 93.1 cm³/mol. The maximum atomic E-state index is 13.4. The van der Waals surface area contributed by atoms with Crippen LogP contribution in [0, 0.1) is 6.92 Å². The Bertz CT molecular complexity index is 788. The summed E-state index contributed by atoms with van der Waals surface area (Å²) in [6.07, 6.45) is -4.40. The molecule has 140 valence electrons. The molecule has 1 amide bonds. The average Bonchev–Trinajstić information content (AvgIpc) is 2.61. The predicted octanol–water partition coefficient (Wildman–Crippen LogP) is 2.11. The first-order valence-corrected chi connectivity index (χ1v) is 8.52. The molecule has 5 nitrogen and oxygen atoms in total. The molecule has 0 spiro atoms. The SMILES string of the molecule is Cc1ccc2cccc(C(=O)NCC(N3CCNCC3)C(F)(F)F)c2n1. The number of carbonyl (C=O) groups excluding carboxylic acids is 1. The minimum atomic E-state index is -4.40. The number of rotatable bonds is 4. The summed E-state index contributed by atoms with van der Waals surface area (Å²) >= 11 is 0. The highest BCUT2D eigenvalue weighted by molar-refractivity contribution is 6.05. The fourth-order valence-corrected chi connectivity index (χ4v) is 3.16. The van der Waals surface area contributed by atoms with Gasteiger partial charge < -0.3 is 10.6 Å².